The maximum absolute atomic E-state index is 13.1. The summed E-state index contributed by atoms with van der Waals surface area (Å²) in [4.78, 5) is 0.200. The van der Waals surface area contributed by atoms with E-state index in [-0.39, 0.29) is 10.8 Å². The van der Waals surface area contributed by atoms with Crippen LogP contribution >= 0.6 is 12.2 Å². The van der Waals surface area contributed by atoms with Gasteiger partial charge in [0.1, 0.15) is 10.8 Å². The Hall–Kier alpha value is -1.00. The van der Waals surface area contributed by atoms with Crippen LogP contribution in [0.5, 0.6) is 0 Å². The van der Waals surface area contributed by atoms with Crippen molar-refractivity contribution in [3.63, 3.8) is 0 Å². The van der Waals surface area contributed by atoms with Crippen LogP contribution in [0.3, 0.4) is 0 Å². The van der Waals surface area contributed by atoms with Crippen LogP contribution in [-0.2, 0) is 11.3 Å². The highest BCUT2D eigenvalue weighted by molar-refractivity contribution is 7.80. The van der Waals surface area contributed by atoms with Gasteiger partial charge in [0.25, 0.3) is 0 Å². The van der Waals surface area contributed by atoms with Crippen LogP contribution in [0, 0.1) is 5.82 Å². The molecule has 15 heavy (non-hydrogen) atoms. The third-order valence-corrected chi connectivity index (χ3v) is 2.09. The molecule has 0 radical (unpaired) electrons. The molecule has 0 aromatic heterocycles. The van der Waals surface area contributed by atoms with E-state index in [2.05, 4.69) is 0 Å². The second-order valence-electron chi connectivity index (χ2n) is 3.26. The van der Waals surface area contributed by atoms with Crippen molar-refractivity contribution in [3.05, 3.63) is 35.1 Å². The molecule has 2 nitrogen and oxygen atoms in total. The Morgan fingerprint density at radius 1 is 1.47 bits per heavy atom. The standard InChI is InChI=1S/C11H14FNOS/c1-2-3-14-7-8-4-9(11(13)15)6-10(12)5-8/h4-6H,2-3,7H2,1H3,(H2,13,15). The highest BCUT2D eigenvalue weighted by Crippen LogP contribution is 2.10. The lowest BCUT2D eigenvalue weighted by Gasteiger charge is -2.05. The van der Waals surface area contributed by atoms with E-state index < -0.39 is 0 Å². The van der Waals surface area contributed by atoms with Gasteiger partial charge in [-0.15, -0.1) is 0 Å². The maximum atomic E-state index is 13.1. The van der Waals surface area contributed by atoms with Crippen molar-refractivity contribution in [3.8, 4) is 0 Å². The van der Waals surface area contributed by atoms with E-state index in [4.69, 9.17) is 22.7 Å². The lowest BCUT2D eigenvalue weighted by atomic mass is 10.1. The number of benzene rings is 1. The lowest BCUT2D eigenvalue weighted by molar-refractivity contribution is 0.121. The lowest BCUT2D eigenvalue weighted by Crippen LogP contribution is -2.10. The van der Waals surface area contributed by atoms with Crippen LogP contribution in [0.25, 0.3) is 0 Å². The summed E-state index contributed by atoms with van der Waals surface area (Å²) in [6.07, 6.45) is 0.942. The summed E-state index contributed by atoms with van der Waals surface area (Å²) in [5, 5.41) is 0. The summed E-state index contributed by atoms with van der Waals surface area (Å²) in [6.45, 7) is 3.08. The minimum absolute atomic E-state index is 0.200. The maximum Gasteiger partial charge on any atom is 0.124 e. The van der Waals surface area contributed by atoms with Crippen molar-refractivity contribution >= 4 is 17.2 Å². The van der Waals surface area contributed by atoms with Crippen molar-refractivity contribution in [1.82, 2.24) is 0 Å². The third kappa shape index (κ3) is 3.93. The predicted molar refractivity (Wildman–Crippen MR) is 62.2 cm³/mol. The molecule has 0 atom stereocenters. The molecule has 0 bridgehead atoms. The molecule has 0 saturated heterocycles. The van der Waals surface area contributed by atoms with Crippen molar-refractivity contribution in [2.24, 2.45) is 5.73 Å². The van der Waals surface area contributed by atoms with Gasteiger partial charge in [0.2, 0.25) is 0 Å². The van der Waals surface area contributed by atoms with Gasteiger partial charge in [0.05, 0.1) is 6.61 Å². The molecular formula is C11H14FNOS. The van der Waals surface area contributed by atoms with Gasteiger partial charge in [-0.05, 0) is 30.2 Å². The molecule has 0 spiro atoms. The number of hydrogen-bond donors (Lipinski definition) is 1. The molecular weight excluding hydrogens is 213 g/mol. The van der Waals surface area contributed by atoms with E-state index in [0.717, 1.165) is 12.0 Å². The van der Waals surface area contributed by atoms with Gasteiger partial charge >= 0.3 is 0 Å². The zero-order chi connectivity index (χ0) is 11.3. The number of rotatable bonds is 5. The van der Waals surface area contributed by atoms with Crippen LogP contribution in [0.15, 0.2) is 18.2 Å². The summed E-state index contributed by atoms with van der Waals surface area (Å²) in [5.74, 6) is -0.338. The summed E-state index contributed by atoms with van der Waals surface area (Å²) < 4.78 is 18.4. The minimum atomic E-state index is -0.338. The molecule has 1 aromatic carbocycles. The SMILES string of the molecule is CCCOCc1cc(F)cc(C(N)=S)c1. The first kappa shape index (κ1) is 12.1. The van der Waals surface area contributed by atoms with E-state index in [9.17, 15) is 4.39 Å². The molecule has 0 amide bonds. The molecule has 1 rings (SSSR count). The average molecular weight is 227 g/mol. The number of ether oxygens (including phenoxy) is 1. The Morgan fingerprint density at radius 3 is 2.80 bits per heavy atom. The average Bonchev–Trinajstić information content (AvgIpc) is 2.17. The number of thiocarbonyl (C=S) groups is 1. The summed E-state index contributed by atoms with van der Waals surface area (Å²) >= 11 is 4.79. The Kier molecular flexibility index (Phi) is 4.65. The van der Waals surface area contributed by atoms with E-state index in [1.54, 1.807) is 6.07 Å². The van der Waals surface area contributed by atoms with Gasteiger partial charge in [-0.3, -0.25) is 0 Å². The van der Waals surface area contributed by atoms with Gasteiger partial charge in [0, 0.05) is 12.2 Å². The van der Waals surface area contributed by atoms with E-state index >= 15 is 0 Å². The van der Waals surface area contributed by atoms with Crippen LogP contribution in [0.2, 0.25) is 0 Å². The normalized spacial score (nSPS) is 10.3. The van der Waals surface area contributed by atoms with Crippen LogP contribution in [0.4, 0.5) is 4.39 Å². The molecule has 82 valence electrons. The van der Waals surface area contributed by atoms with Crippen molar-refractivity contribution in [2.45, 2.75) is 20.0 Å². The Bertz CT molecular complexity index is 354. The smallest absolute Gasteiger partial charge is 0.124 e. The zero-order valence-electron chi connectivity index (χ0n) is 8.63. The van der Waals surface area contributed by atoms with Crippen LogP contribution in [-0.4, -0.2) is 11.6 Å². The first-order valence-corrected chi connectivity index (χ1v) is 5.21. The van der Waals surface area contributed by atoms with Gasteiger partial charge < -0.3 is 10.5 Å². The summed E-state index contributed by atoms with van der Waals surface area (Å²) in [7, 11) is 0. The molecule has 0 fully saturated rings. The Balaban J connectivity index is 2.75. The molecule has 0 aliphatic carbocycles. The van der Waals surface area contributed by atoms with Crippen molar-refractivity contribution in [1.29, 1.82) is 0 Å². The molecule has 0 aliphatic heterocycles. The fourth-order valence-corrected chi connectivity index (χ4v) is 1.33. The predicted octanol–water partition coefficient (Wildman–Crippen LogP) is 2.39. The second kappa shape index (κ2) is 5.78. The molecule has 4 heteroatoms. The molecule has 0 aliphatic rings. The van der Waals surface area contributed by atoms with Gasteiger partial charge in [-0.2, -0.15) is 0 Å². The fraction of sp³-hybridized carbons (Fsp3) is 0.364. The highest BCUT2D eigenvalue weighted by Gasteiger charge is 2.03. The number of halogens is 1. The monoisotopic (exact) mass is 227 g/mol. The fourth-order valence-electron chi connectivity index (χ4n) is 1.21. The molecule has 0 heterocycles. The quantitative estimate of drug-likeness (QED) is 0.619. The minimum Gasteiger partial charge on any atom is -0.389 e. The second-order valence-corrected chi connectivity index (χ2v) is 3.70. The van der Waals surface area contributed by atoms with Crippen molar-refractivity contribution in [2.75, 3.05) is 6.61 Å². The van der Waals surface area contributed by atoms with Crippen molar-refractivity contribution < 1.29 is 9.13 Å². The van der Waals surface area contributed by atoms with E-state index in [1.165, 1.54) is 12.1 Å². The third-order valence-electron chi connectivity index (χ3n) is 1.86. The zero-order valence-corrected chi connectivity index (χ0v) is 9.44. The number of hydrogen-bond acceptors (Lipinski definition) is 2. The van der Waals surface area contributed by atoms with Crippen LogP contribution in [0.1, 0.15) is 24.5 Å². The van der Waals surface area contributed by atoms with Crippen LogP contribution < -0.4 is 5.73 Å². The van der Waals surface area contributed by atoms with E-state index in [0.29, 0.717) is 18.8 Å². The Labute approximate surface area is 94.2 Å². The largest absolute Gasteiger partial charge is 0.389 e. The highest BCUT2D eigenvalue weighted by atomic mass is 32.1. The molecule has 0 unspecified atom stereocenters. The van der Waals surface area contributed by atoms with E-state index in [1.807, 2.05) is 6.92 Å². The Morgan fingerprint density at radius 2 is 2.20 bits per heavy atom. The first-order valence-electron chi connectivity index (χ1n) is 4.80. The van der Waals surface area contributed by atoms with Gasteiger partial charge in [-0.1, -0.05) is 19.1 Å². The summed E-state index contributed by atoms with van der Waals surface area (Å²) in [5.41, 5.74) is 6.73. The summed E-state index contributed by atoms with van der Waals surface area (Å²) in [6, 6.07) is 4.50. The topological polar surface area (TPSA) is 35.2 Å². The molecule has 0 saturated carbocycles. The molecule has 2 N–H and O–H groups in total. The number of nitrogens with two attached hydrogens (primary N) is 1. The first-order chi connectivity index (χ1) is 7.13. The molecule has 1 aromatic rings. The van der Waals surface area contributed by atoms with Gasteiger partial charge in [-0.25, -0.2) is 4.39 Å². The van der Waals surface area contributed by atoms with Gasteiger partial charge in [0.15, 0.2) is 0 Å².